The van der Waals surface area contributed by atoms with E-state index < -0.39 is 12.8 Å². The first-order valence-corrected chi connectivity index (χ1v) is 11.0. The van der Waals surface area contributed by atoms with Crippen molar-refractivity contribution in [3.8, 4) is 5.75 Å². The number of aromatic hydroxyl groups is 1. The number of rotatable bonds is 6. The molecule has 0 aromatic heterocycles. The number of phenolic OH excluding ortho intramolecular Hbond substituents is 1. The van der Waals surface area contributed by atoms with Gasteiger partial charge in [-0.15, -0.1) is 0 Å². The van der Waals surface area contributed by atoms with Gasteiger partial charge in [0.2, 0.25) is 0 Å². The van der Waals surface area contributed by atoms with Crippen LogP contribution in [0.1, 0.15) is 5.56 Å². The molecule has 0 saturated heterocycles. The number of nitrogens with zero attached hydrogens (tertiary/aromatic N) is 2. The van der Waals surface area contributed by atoms with Crippen molar-refractivity contribution in [2.75, 3.05) is 0 Å². The van der Waals surface area contributed by atoms with E-state index in [4.69, 9.17) is 0 Å². The average Bonchev–Trinajstić information content (AvgIpc) is 2.80. The van der Waals surface area contributed by atoms with Crippen LogP contribution in [0, 0.1) is 10.1 Å². The molecule has 0 amide bonds. The maximum Gasteiger partial charge on any atom is 0.273 e. The fourth-order valence-corrected chi connectivity index (χ4v) is 5.63. The molecule has 4 aromatic carbocycles. The van der Waals surface area contributed by atoms with Gasteiger partial charge in [-0.1, -0.05) is 78.9 Å². The summed E-state index contributed by atoms with van der Waals surface area (Å²) in [4.78, 5) is 15.0. The Morgan fingerprint density at radius 1 is 0.806 bits per heavy atom. The van der Waals surface area contributed by atoms with Crippen LogP contribution in [0.15, 0.2) is 108 Å². The number of hydrogen-bond acceptors (Lipinski definition) is 4. The lowest BCUT2D eigenvalue weighted by atomic mass is 10.2. The van der Waals surface area contributed by atoms with Crippen molar-refractivity contribution in [2.24, 2.45) is 4.99 Å². The zero-order chi connectivity index (χ0) is 21.6. The SMILES string of the molecule is O=[N+]([O-])c1ccc(C=Nc2ccccc2P(c2ccccc2)c2ccccc2)c(O)c1. The van der Waals surface area contributed by atoms with E-state index in [0.717, 1.165) is 17.1 Å². The minimum atomic E-state index is -0.834. The van der Waals surface area contributed by atoms with E-state index >= 15 is 0 Å². The zero-order valence-electron chi connectivity index (χ0n) is 16.5. The fourth-order valence-electron chi connectivity index (χ4n) is 3.24. The lowest BCUT2D eigenvalue weighted by molar-refractivity contribution is -0.384. The molecular weight excluding hydrogens is 407 g/mol. The summed E-state index contributed by atoms with van der Waals surface area (Å²) in [5, 5.41) is 24.6. The van der Waals surface area contributed by atoms with Crippen molar-refractivity contribution < 1.29 is 10.0 Å². The highest BCUT2D eigenvalue weighted by Gasteiger charge is 2.19. The van der Waals surface area contributed by atoms with Crippen LogP contribution in [0.4, 0.5) is 11.4 Å². The monoisotopic (exact) mass is 426 g/mol. The fraction of sp³-hybridized carbons (Fsp3) is 0. The molecule has 0 heterocycles. The second kappa shape index (κ2) is 9.33. The smallest absolute Gasteiger partial charge is 0.273 e. The predicted molar refractivity (Wildman–Crippen MR) is 127 cm³/mol. The summed E-state index contributed by atoms with van der Waals surface area (Å²) in [6, 6.07) is 32.6. The number of non-ortho nitro benzene ring substituents is 1. The van der Waals surface area contributed by atoms with Gasteiger partial charge in [-0.2, -0.15) is 0 Å². The van der Waals surface area contributed by atoms with Gasteiger partial charge < -0.3 is 5.11 Å². The second-order valence-corrected chi connectivity index (χ2v) is 8.94. The van der Waals surface area contributed by atoms with Gasteiger partial charge in [0, 0.05) is 23.1 Å². The molecule has 0 aliphatic carbocycles. The molecule has 152 valence electrons. The third-order valence-electron chi connectivity index (χ3n) is 4.72. The van der Waals surface area contributed by atoms with Gasteiger partial charge in [-0.25, -0.2) is 0 Å². The molecule has 0 saturated carbocycles. The molecular formula is C25H19N2O3P. The molecule has 0 aliphatic rings. The third kappa shape index (κ3) is 4.68. The third-order valence-corrected chi connectivity index (χ3v) is 7.21. The maximum absolute atomic E-state index is 10.9. The van der Waals surface area contributed by atoms with Crippen molar-refractivity contribution in [1.29, 1.82) is 0 Å². The molecule has 4 rings (SSSR count). The molecule has 0 unspecified atom stereocenters. The van der Waals surface area contributed by atoms with Crippen LogP contribution in [0.25, 0.3) is 0 Å². The van der Waals surface area contributed by atoms with Crippen LogP contribution in [0.3, 0.4) is 0 Å². The lowest BCUT2D eigenvalue weighted by Crippen LogP contribution is -2.20. The first-order chi connectivity index (χ1) is 15.1. The standard InChI is InChI=1S/C25H19N2O3P/c28-24-17-20(27(29)30)16-15-19(24)18-26-23-13-7-8-14-25(23)31(21-9-3-1-4-10-21)22-11-5-2-6-12-22/h1-18,28H. The summed E-state index contributed by atoms with van der Waals surface area (Å²) >= 11 is 0. The molecule has 0 aliphatic heterocycles. The van der Waals surface area contributed by atoms with Crippen LogP contribution in [0.5, 0.6) is 5.75 Å². The summed E-state index contributed by atoms with van der Waals surface area (Å²) in [6.45, 7) is 0. The number of aliphatic imine (C=N–C) groups is 1. The quantitative estimate of drug-likeness (QED) is 0.208. The molecule has 5 nitrogen and oxygen atoms in total. The van der Waals surface area contributed by atoms with Gasteiger partial charge in [0.1, 0.15) is 5.75 Å². The molecule has 0 bridgehead atoms. The topological polar surface area (TPSA) is 75.7 Å². The molecule has 4 aromatic rings. The van der Waals surface area contributed by atoms with Crippen molar-refractivity contribution in [2.45, 2.75) is 0 Å². The van der Waals surface area contributed by atoms with E-state index in [1.165, 1.54) is 22.7 Å². The first-order valence-electron chi connectivity index (χ1n) is 9.64. The molecule has 0 spiro atoms. The van der Waals surface area contributed by atoms with E-state index in [9.17, 15) is 15.2 Å². The van der Waals surface area contributed by atoms with E-state index in [0.29, 0.717) is 5.56 Å². The maximum atomic E-state index is 10.9. The van der Waals surface area contributed by atoms with E-state index in [2.05, 4.69) is 35.3 Å². The summed E-state index contributed by atoms with van der Waals surface area (Å²) in [6.07, 6.45) is 1.54. The minimum absolute atomic E-state index is 0.160. The number of nitro benzene ring substituents is 1. The molecule has 0 radical (unpaired) electrons. The number of nitro groups is 1. The summed E-state index contributed by atoms with van der Waals surface area (Å²) in [5.41, 5.74) is 1.05. The van der Waals surface area contributed by atoms with Crippen LogP contribution in [-0.2, 0) is 0 Å². The molecule has 6 heteroatoms. The zero-order valence-corrected chi connectivity index (χ0v) is 17.4. The minimum Gasteiger partial charge on any atom is -0.507 e. The highest BCUT2D eigenvalue weighted by molar-refractivity contribution is 7.80. The number of phenols is 1. The summed E-state index contributed by atoms with van der Waals surface area (Å²) in [7, 11) is -0.834. The number of hydrogen-bond donors (Lipinski definition) is 1. The second-order valence-electron chi connectivity index (χ2n) is 6.75. The number of benzene rings is 4. The Morgan fingerprint density at radius 3 is 1.97 bits per heavy atom. The Balaban J connectivity index is 1.77. The van der Waals surface area contributed by atoms with Crippen molar-refractivity contribution in [1.82, 2.24) is 0 Å². The van der Waals surface area contributed by atoms with Crippen LogP contribution >= 0.6 is 7.92 Å². The van der Waals surface area contributed by atoms with Gasteiger partial charge in [-0.3, -0.25) is 15.1 Å². The van der Waals surface area contributed by atoms with Crippen LogP contribution in [-0.4, -0.2) is 16.2 Å². The van der Waals surface area contributed by atoms with Crippen molar-refractivity contribution in [3.63, 3.8) is 0 Å². The van der Waals surface area contributed by atoms with Crippen molar-refractivity contribution in [3.05, 3.63) is 119 Å². The normalized spacial score (nSPS) is 11.1. The summed E-state index contributed by atoms with van der Waals surface area (Å²) < 4.78 is 0. The Morgan fingerprint density at radius 2 is 1.39 bits per heavy atom. The van der Waals surface area contributed by atoms with Gasteiger partial charge in [0.25, 0.3) is 5.69 Å². The largest absolute Gasteiger partial charge is 0.507 e. The number of para-hydroxylation sites is 1. The highest BCUT2D eigenvalue weighted by Crippen LogP contribution is 2.36. The van der Waals surface area contributed by atoms with E-state index in [1.54, 1.807) is 6.21 Å². The first kappa shape index (κ1) is 20.5. The van der Waals surface area contributed by atoms with Gasteiger partial charge >= 0.3 is 0 Å². The molecule has 0 fully saturated rings. The molecule has 1 N–H and O–H groups in total. The highest BCUT2D eigenvalue weighted by atomic mass is 31.1. The Hall–Kier alpha value is -3.82. The summed E-state index contributed by atoms with van der Waals surface area (Å²) in [5.74, 6) is -0.177. The van der Waals surface area contributed by atoms with Crippen LogP contribution in [0.2, 0.25) is 0 Å². The van der Waals surface area contributed by atoms with E-state index in [-0.39, 0.29) is 11.4 Å². The predicted octanol–water partition coefficient (Wildman–Crippen LogP) is 4.81. The molecule has 31 heavy (non-hydrogen) atoms. The van der Waals surface area contributed by atoms with Gasteiger partial charge in [0.05, 0.1) is 16.7 Å². The Labute approximate surface area is 181 Å². The van der Waals surface area contributed by atoms with Crippen LogP contribution < -0.4 is 15.9 Å². The molecule has 0 atom stereocenters. The Kier molecular flexibility index (Phi) is 6.16. The van der Waals surface area contributed by atoms with E-state index in [1.807, 2.05) is 54.6 Å². The van der Waals surface area contributed by atoms with Gasteiger partial charge in [-0.05, 0) is 30.7 Å². The Bertz CT molecular complexity index is 1190. The van der Waals surface area contributed by atoms with Crippen molar-refractivity contribution >= 4 is 41.4 Å². The van der Waals surface area contributed by atoms with Gasteiger partial charge in [0.15, 0.2) is 0 Å². The average molecular weight is 426 g/mol. The lowest BCUT2D eigenvalue weighted by Gasteiger charge is -2.20.